The fraction of sp³-hybridized carbons (Fsp3) is 0.941. The molecule has 5 unspecified atom stereocenters. The number of carbonyl (C=O) groups is 1. The molecule has 0 radical (unpaired) electrons. The Morgan fingerprint density at radius 2 is 2.05 bits per heavy atom. The molecule has 122 valence electrons. The Morgan fingerprint density at radius 3 is 2.57 bits per heavy atom. The van der Waals surface area contributed by atoms with Gasteiger partial charge in [-0.1, -0.05) is 13.8 Å². The van der Waals surface area contributed by atoms with Crippen LogP contribution in [0, 0.1) is 17.8 Å². The van der Waals surface area contributed by atoms with Gasteiger partial charge in [0.05, 0.1) is 18.1 Å². The van der Waals surface area contributed by atoms with Crippen molar-refractivity contribution in [1.29, 1.82) is 0 Å². The molecule has 21 heavy (non-hydrogen) atoms. The van der Waals surface area contributed by atoms with E-state index in [-0.39, 0.29) is 18.1 Å². The summed E-state index contributed by atoms with van der Waals surface area (Å²) in [6, 6.07) is 0. The first-order valence-electron chi connectivity index (χ1n) is 8.69. The summed E-state index contributed by atoms with van der Waals surface area (Å²) in [5.41, 5.74) is 0. The minimum atomic E-state index is 0.0306. The summed E-state index contributed by atoms with van der Waals surface area (Å²) in [5.74, 6) is 1.27. The number of carbonyl (C=O) groups excluding carboxylic acids is 1. The van der Waals surface area contributed by atoms with E-state index in [4.69, 9.17) is 4.74 Å². The Kier molecular flexibility index (Phi) is 6.06. The number of hydrogen-bond acceptors (Lipinski definition) is 3. The van der Waals surface area contributed by atoms with Crippen LogP contribution in [-0.4, -0.2) is 49.2 Å². The predicted molar refractivity (Wildman–Crippen MR) is 85.1 cm³/mol. The molecule has 2 rings (SSSR count). The molecule has 2 fully saturated rings. The van der Waals surface area contributed by atoms with Crippen molar-refractivity contribution >= 4 is 5.91 Å². The molecule has 2 aliphatic rings. The molecule has 1 N–H and O–H groups in total. The lowest BCUT2D eigenvalue weighted by atomic mass is 9.87. The third kappa shape index (κ3) is 3.98. The summed E-state index contributed by atoms with van der Waals surface area (Å²) in [4.78, 5) is 15.1. The molecule has 2 heterocycles. The monoisotopic (exact) mass is 296 g/mol. The Hall–Kier alpha value is -0.610. The van der Waals surface area contributed by atoms with E-state index in [2.05, 4.69) is 37.9 Å². The van der Waals surface area contributed by atoms with Crippen LogP contribution in [0.3, 0.4) is 0 Å². The zero-order chi connectivity index (χ0) is 15.4. The minimum Gasteiger partial charge on any atom is -0.374 e. The molecule has 2 saturated heterocycles. The average Bonchev–Trinajstić information content (AvgIpc) is 2.72. The summed E-state index contributed by atoms with van der Waals surface area (Å²) in [7, 11) is 0. The molecule has 0 aromatic carbocycles. The highest BCUT2D eigenvalue weighted by molar-refractivity contribution is 5.80. The van der Waals surface area contributed by atoms with Gasteiger partial charge in [0.1, 0.15) is 0 Å². The lowest BCUT2D eigenvalue weighted by Crippen LogP contribution is -2.46. The molecule has 0 bridgehead atoms. The molecule has 0 aromatic heterocycles. The Morgan fingerprint density at radius 1 is 1.29 bits per heavy atom. The highest BCUT2D eigenvalue weighted by Gasteiger charge is 2.43. The van der Waals surface area contributed by atoms with Crippen molar-refractivity contribution in [3.8, 4) is 0 Å². The molecular formula is C17H32N2O2. The van der Waals surface area contributed by atoms with Crippen LogP contribution in [0.1, 0.15) is 47.0 Å². The van der Waals surface area contributed by atoms with E-state index in [1.807, 2.05) is 0 Å². The molecular weight excluding hydrogens is 264 g/mol. The van der Waals surface area contributed by atoms with Gasteiger partial charge < -0.3 is 15.0 Å². The van der Waals surface area contributed by atoms with Gasteiger partial charge in [0, 0.05) is 13.1 Å². The van der Waals surface area contributed by atoms with Gasteiger partial charge in [-0.15, -0.1) is 0 Å². The van der Waals surface area contributed by atoms with Crippen molar-refractivity contribution in [2.45, 2.75) is 59.2 Å². The summed E-state index contributed by atoms with van der Waals surface area (Å²) in [6.45, 7) is 12.4. The first-order valence-corrected chi connectivity index (χ1v) is 8.69. The van der Waals surface area contributed by atoms with Crippen molar-refractivity contribution in [3.05, 3.63) is 0 Å². The van der Waals surface area contributed by atoms with Crippen LogP contribution < -0.4 is 5.32 Å². The molecule has 0 saturated carbocycles. The summed E-state index contributed by atoms with van der Waals surface area (Å²) < 4.78 is 5.87. The fourth-order valence-corrected chi connectivity index (χ4v) is 3.86. The van der Waals surface area contributed by atoms with Crippen molar-refractivity contribution in [3.63, 3.8) is 0 Å². The first-order chi connectivity index (χ1) is 10.0. The predicted octanol–water partition coefficient (Wildman–Crippen LogP) is 2.28. The number of piperidine rings is 1. The zero-order valence-corrected chi connectivity index (χ0v) is 14.1. The SMILES string of the molecule is CCCN(CC1CCCNC1)C(=O)C1C(C)OC(C)C1C. The third-order valence-electron chi connectivity index (χ3n) is 5.21. The second kappa shape index (κ2) is 7.59. The van der Waals surface area contributed by atoms with Gasteiger partial charge in [-0.3, -0.25) is 4.79 Å². The van der Waals surface area contributed by atoms with Crippen molar-refractivity contribution in [2.24, 2.45) is 17.8 Å². The molecule has 4 nitrogen and oxygen atoms in total. The lowest BCUT2D eigenvalue weighted by molar-refractivity contribution is -0.138. The van der Waals surface area contributed by atoms with Crippen LogP contribution in [0.15, 0.2) is 0 Å². The molecule has 0 spiro atoms. The normalized spacial score (nSPS) is 36.7. The number of rotatable bonds is 5. The zero-order valence-electron chi connectivity index (χ0n) is 14.1. The van der Waals surface area contributed by atoms with E-state index in [0.29, 0.717) is 17.7 Å². The first kappa shape index (κ1) is 16.8. The van der Waals surface area contributed by atoms with Crippen molar-refractivity contribution in [2.75, 3.05) is 26.2 Å². The lowest BCUT2D eigenvalue weighted by Gasteiger charge is -2.33. The van der Waals surface area contributed by atoms with E-state index >= 15 is 0 Å². The molecule has 1 amide bonds. The molecule has 0 aromatic rings. The van der Waals surface area contributed by atoms with Gasteiger partial charge in [0.2, 0.25) is 5.91 Å². The summed E-state index contributed by atoms with van der Waals surface area (Å²) >= 11 is 0. The van der Waals surface area contributed by atoms with Crippen LogP contribution in [0.2, 0.25) is 0 Å². The summed E-state index contributed by atoms with van der Waals surface area (Å²) in [6.07, 6.45) is 3.73. The van der Waals surface area contributed by atoms with Crippen LogP contribution in [0.4, 0.5) is 0 Å². The van der Waals surface area contributed by atoms with Gasteiger partial charge in [-0.25, -0.2) is 0 Å². The van der Waals surface area contributed by atoms with Crippen LogP contribution >= 0.6 is 0 Å². The molecule has 0 aliphatic carbocycles. The quantitative estimate of drug-likeness (QED) is 0.846. The Balaban J connectivity index is 2.00. The summed E-state index contributed by atoms with van der Waals surface area (Å²) in [5, 5.41) is 3.45. The number of hydrogen-bond donors (Lipinski definition) is 1. The van der Waals surface area contributed by atoms with Crippen molar-refractivity contribution in [1.82, 2.24) is 10.2 Å². The number of ether oxygens (including phenoxy) is 1. The van der Waals surface area contributed by atoms with Gasteiger partial charge in [0.25, 0.3) is 0 Å². The van der Waals surface area contributed by atoms with Crippen molar-refractivity contribution < 1.29 is 9.53 Å². The minimum absolute atomic E-state index is 0.0306. The number of nitrogens with one attached hydrogen (secondary N) is 1. The second-order valence-electron chi connectivity index (χ2n) is 6.93. The van der Waals surface area contributed by atoms with E-state index < -0.39 is 0 Å². The van der Waals surface area contributed by atoms with Crippen LogP contribution in [0.5, 0.6) is 0 Å². The van der Waals surface area contributed by atoms with Gasteiger partial charge in [-0.05, 0) is 58.0 Å². The number of nitrogens with zero attached hydrogens (tertiary/aromatic N) is 1. The Labute approximate surface area is 129 Å². The molecule has 2 aliphatic heterocycles. The third-order valence-corrected chi connectivity index (χ3v) is 5.21. The fourth-order valence-electron chi connectivity index (χ4n) is 3.86. The maximum Gasteiger partial charge on any atom is 0.228 e. The topological polar surface area (TPSA) is 41.6 Å². The smallest absolute Gasteiger partial charge is 0.228 e. The maximum atomic E-state index is 13.0. The van der Waals surface area contributed by atoms with Gasteiger partial charge in [-0.2, -0.15) is 0 Å². The van der Waals surface area contributed by atoms with E-state index in [1.165, 1.54) is 12.8 Å². The highest BCUT2D eigenvalue weighted by atomic mass is 16.5. The maximum absolute atomic E-state index is 13.0. The standard InChI is InChI=1S/C17H32N2O2/c1-5-9-19(11-15-7-6-8-18-10-15)17(20)16-12(2)13(3)21-14(16)4/h12-16,18H,5-11H2,1-4H3. The second-order valence-corrected chi connectivity index (χ2v) is 6.93. The average molecular weight is 296 g/mol. The van der Waals surface area contributed by atoms with E-state index in [1.54, 1.807) is 0 Å². The van der Waals surface area contributed by atoms with Gasteiger partial charge >= 0.3 is 0 Å². The number of amides is 1. The molecule has 4 heteroatoms. The largest absolute Gasteiger partial charge is 0.374 e. The molecule has 5 atom stereocenters. The Bertz CT molecular complexity index is 342. The van der Waals surface area contributed by atoms with Crippen LogP contribution in [0.25, 0.3) is 0 Å². The van der Waals surface area contributed by atoms with E-state index in [0.717, 1.165) is 32.6 Å². The highest BCUT2D eigenvalue weighted by Crippen LogP contribution is 2.33. The van der Waals surface area contributed by atoms with Gasteiger partial charge in [0.15, 0.2) is 0 Å². The van der Waals surface area contributed by atoms with Crippen LogP contribution in [-0.2, 0) is 9.53 Å². The van der Waals surface area contributed by atoms with E-state index in [9.17, 15) is 4.79 Å².